The first kappa shape index (κ1) is 23.2. The van der Waals surface area contributed by atoms with Gasteiger partial charge in [0.05, 0.1) is 17.1 Å². The summed E-state index contributed by atoms with van der Waals surface area (Å²) in [6.45, 7) is 2.57. The first-order valence-electron chi connectivity index (χ1n) is 12.4. The maximum absolute atomic E-state index is 13.7. The highest BCUT2D eigenvalue weighted by Gasteiger charge is 2.51. The zero-order chi connectivity index (χ0) is 25.1. The second-order valence-electron chi connectivity index (χ2n) is 10.2. The van der Waals surface area contributed by atoms with Crippen molar-refractivity contribution in [3.8, 4) is 0 Å². The van der Waals surface area contributed by atoms with Crippen molar-refractivity contribution in [1.82, 2.24) is 0 Å². The standard InChI is InChI=1S/C28H29N3O4S/c29-36(34,35)24-14-10-22(11-15-24)28(33)25-6-1-2-7-26(25)31(27(28)32)16-19-8-12-23(13-9-19)30-17-20-4-3-5-21(20)18-30/h1-2,6-15,20-21,33H,3-5,16-18H2,(H2,29,34,35). The van der Waals surface area contributed by atoms with Crippen LogP contribution in [-0.4, -0.2) is 32.5 Å². The SMILES string of the molecule is NS(=O)(=O)c1ccc(C2(O)C(=O)N(Cc3ccc(N4CC5CCCC5C4)cc3)c3ccccc32)cc1. The molecule has 2 aliphatic heterocycles. The van der Waals surface area contributed by atoms with E-state index in [0.29, 0.717) is 23.4 Å². The van der Waals surface area contributed by atoms with E-state index in [2.05, 4.69) is 29.2 Å². The van der Waals surface area contributed by atoms with Crippen LogP contribution in [0.25, 0.3) is 0 Å². The third kappa shape index (κ3) is 3.72. The van der Waals surface area contributed by atoms with Crippen molar-refractivity contribution in [1.29, 1.82) is 0 Å². The molecular formula is C28H29N3O4S. The number of amides is 1. The van der Waals surface area contributed by atoms with E-state index in [0.717, 1.165) is 30.5 Å². The number of fused-ring (bicyclic) bond motifs is 2. The molecule has 0 radical (unpaired) electrons. The Bertz CT molecular complexity index is 1410. The monoisotopic (exact) mass is 503 g/mol. The van der Waals surface area contributed by atoms with Crippen LogP contribution in [0.15, 0.2) is 77.7 Å². The predicted octanol–water partition coefficient (Wildman–Crippen LogP) is 3.35. The summed E-state index contributed by atoms with van der Waals surface area (Å²) in [6, 6.07) is 21.0. The van der Waals surface area contributed by atoms with Gasteiger partial charge in [-0.3, -0.25) is 4.79 Å². The van der Waals surface area contributed by atoms with Crippen molar-refractivity contribution in [3.63, 3.8) is 0 Å². The van der Waals surface area contributed by atoms with Crippen molar-refractivity contribution in [2.24, 2.45) is 17.0 Å². The lowest BCUT2D eigenvalue weighted by molar-refractivity contribution is -0.132. The van der Waals surface area contributed by atoms with Gasteiger partial charge in [0.25, 0.3) is 5.91 Å². The van der Waals surface area contributed by atoms with E-state index < -0.39 is 21.5 Å². The Morgan fingerprint density at radius 1 is 0.917 bits per heavy atom. The van der Waals surface area contributed by atoms with Gasteiger partial charge in [0.15, 0.2) is 5.60 Å². The summed E-state index contributed by atoms with van der Waals surface area (Å²) < 4.78 is 23.3. The maximum Gasteiger partial charge on any atom is 0.268 e. The molecule has 3 aliphatic rings. The third-order valence-electron chi connectivity index (χ3n) is 8.11. The molecule has 6 rings (SSSR count). The van der Waals surface area contributed by atoms with Crippen LogP contribution in [0.1, 0.15) is 36.0 Å². The third-order valence-corrected chi connectivity index (χ3v) is 9.04. The first-order chi connectivity index (χ1) is 17.2. The minimum atomic E-state index is -3.88. The summed E-state index contributed by atoms with van der Waals surface area (Å²) in [5, 5.41) is 16.9. The Kier molecular flexibility index (Phi) is 5.44. The normalized spacial score (nSPS) is 25.3. The number of aliphatic hydroxyl groups is 1. The van der Waals surface area contributed by atoms with Gasteiger partial charge in [-0.1, -0.05) is 48.9 Å². The largest absolute Gasteiger partial charge is 0.372 e. The topological polar surface area (TPSA) is 104 Å². The molecule has 36 heavy (non-hydrogen) atoms. The van der Waals surface area contributed by atoms with E-state index in [4.69, 9.17) is 5.14 Å². The molecule has 2 fully saturated rings. The number of nitrogens with two attached hydrogens (primary N) is 1. The van der Waals surface area contributed by atoms with Gasteiger partial charge in [-0.15, -0.1) is 0 Å². The molecule has 1 saturated heterocycles. The molecule has 3 aromatic rings. The zero-order valence-electron chi connectivity index (χ0n) is 19.9. The number of nitrogens with zero attached hydrogens (tertiary/aromatic N) is 2. The molecule has 186 valence electrons. The van der Waals surface area contributed by atoms with Crippen molar-refractivity contribution < 1.29 is 18.3 Å². The number of primary sulfonamides is 1. The lowest BCUT2D eigenvalue weighted by Gasteiger charge is -2.24. The fourth-order valence-electron chi connectivity index (χ4n) is 6.20. The molecule has 1 saturated carbocycles. The molecule has 0 bridgehead atoms. The fourth-order valence-corrected chi connectivity index (χ4v) is 6.71. The minimum absolute atomic E-state index is 0.0767. The number of hydrogen-bond donors (Lipinski definition) is 2. The van der Waals surface area contributed by atoms with E-state index >= 15 is 0 Å². The maximum atomic E-state index is 13.7. The predicted molar refractivity (Wildman–Crippen MR) is 138 cm³/mol. The average molecular weight is 504 g/mol. The van der Waals surface area contributed by atoms with Crippen LogP contribution in [0.4, 0.5) is 11.4 Å². The van der Waals surface area contributed by atoms with Crippen LogP contribution in [-0.2, 0) is 27.0 Å². The van der Waals surface area contributed by atoms with Crippen molar-refractivity contribution in [2.75, 3.05) is 22.9 Å². The van der Waals surface area contributed by atoms with Gasteiger partial charge in [0, 0.05) is 24.3 Å². The molecular weight excluding hydrogens is 474 g/mol. The van der Waals surface area contributed by atoms with Crippen LogP contribution in [0.5, 0.6) is 0 Å². The van der Waals surface area contributed by atoms with Gasteiger partial charge in [-0.25, -0.2) is 13.6 Å². The second kappa shape index (κ2) is 8.44. The molecule has 1 amide bonds. The molecule has 0 aromatic heterocycles. The molecule has 2 heterocycles. The van der Waals surface area contributed by atoms with Crippen LogP contribution >= 0.6 is 0 Å². The quantitative estimate of drug-likeness (QED) is 0.556. The molecule has 7 nitrogen and oxygen atoms in total. The summed E-state index contributed by atoms with van der Waals surface area (Å²) in [6.07, 6.45) is 4.03. The Hall–Kier alpha value is -3.20. The summed E-state index contributed by atoms with van der Waals surface area (Å²) in [7, 11) is -3.88. The highest BCUT2D eigenvalue weighted by molar-refractivity contribution is 7.89. The van der Waals surface area contributed by atoms with Crippen LogP contribution in [0.3, 0.4) is 0 Å². The van der Waals surface area contributed by atoms with Gasteiger partial charge in [0.1, 0.15) is 0 Å². The Labute approximate surface area is 211 Å². The number of sulfonamides is 1. The number of para-hydroxylation sites is 1. The number of carbonyl (C=O) groups excluding carboxylic acids is 1. The Morgan fingerprint density at radius 3 is 2.19 bits per heavy atom. The van der Waals surface area contributed by atoms with Crippen molar-refractivity contribution in [3.05, 3.63) is 89.5 Å². The summed E-state index contributed by atoms with van der Waals surface area (Å²) >= 11 is 0. The number of anilines is 2. The molecule has 3 aromatic carbocycles. The molecule has 3 N–H and O–H groups in total. The lowest BCUT2D eigenvalue weighted by Crippen LogP contribution is -2.40. The van der Waals surface area contributed by atoms with Crippen molar-refractivity contribution >= 4 is 27.3 Å². The second-order valence-corrected chi connectivity index (χ2v) is 11.8. The zero-order valence-corrected chi connectivity index (χ0v) is 20.7. The van der Waals surface area contributed by atoms with Gasteiger partial charge in [-0.05, 0) is 66.1 Å². The highest BCUT2D eigenvalue weighted by Crippen LogP contribution is 2.45. The van der Waals surface area contributed by atoms with Gasteiger partial charge in [-0.2, -0.15) is 0 Å². The van der Waals surface area contributed by atoms with E-state index in [9.17, 15) is 18.3 Å². The molecule has 0 spiro atoms. The summed E-state index contributed by atoms with van der Waals surface area (Å²) in [5.74, 6) is 1.17. The number of hydrogen-bond acceptors (Lipinski definition) is 5. The van der Waals surface area contributed by atoms with Crippen LogP contribution in [0.2, 0.25) is 0 Å². The average Bonchev–Trinajstić information content (AvgIpc) is 3.54. The van der Waals surface area contributed by atoms with E-state index in [-0.39, 0.29) is 4.90 Å². The molecule has 3 unspecified atom stereocenters. The van der Waals surface area contributed by atoms with E-state index in [1.807, 2.05) is 12.1 Å². The number of rotatable bonds is 5. The van der Waals surface area contributed by atoms with Gasteiger partial charge in [0.2, 0.25) is 10.0 Å². The summed E-state index contributed by atoms with van der Waals surface area (Å²) in [5.41, 5.74) is 1.67. The lowest BCUT2D eigenvalue weighted by atomic mass is 9.87. The van der Waals surface area contributed by atoms with Gasteiger partial charge >= 0.3 is 0 Å². The molecule has 1 aliphatic carbocycles. The smallest absolute Gasteiger partial charge is 0.268 e. The van der Waals surface area contributed by atoms with Crippen LogP contribution in [0, 0.1) is 11.8 Å². The Morgan fingerprint density at radius 2 is 1.56 bits per heavy atom. The van der Waals surface area contributed by atoms with E-state index in [1.54, 1.807) is 17.0 Å². The number of benzene rings is 3. The Balaban J connectivity index is 1.27. The fraction of sp³-hybridized carbons (Fsp3) is 0.321. The van der Waals surface area contributed by atoms with E-state index in [1.165, 1.54) is 49.2 Å². The highest BCUT2D eigenvalue weighted by atomic mass is 32.2. The van der Waals surface area contributed by atoms with Crippen molar-refractivity contribution in [2.45, 2.75) is 36.3 Å². The first-order valence-corrected chi connectivity index (χ1v) is 13.9. The molecule has 3 atom stereocenters. The molecule has 8 heteroatoms. The van der Waals surface area contributed by atoms with Crippen LogP contribution < -0.4 is 14.9 Å². The minimum Gasteiger partial charge on any atom is -0.372 e. The summed E-state index contributed by atoms with van der Waals surface area (Å²) in [4.78, 5) is 17.7. The van der Waals surface area contributed by atoms with Gasteiger partial charge < -0.3 is 14.9 Å². The number of carbonyl (C=O) groups is 1.